The molecule has 0 radical (unpaired) electrons. The molecule has 158 valence electrons. The highest BCUT2D eigenvalue weighted by atomic mass is 35.5. The first-order chi connectivity index (χ1) is 13.7. The molecular weight excluding hydrogens is 417 g/mol. The van der Waals surface area contributed by atoms with Crippen LogP contribution in [0.15, 0.2) is 47.5 Å². The predicted molar refractivity (Wildman–Crippen MR) is 114 cm³/mol. The minimum atomic E-state index is -3.27. The molecule has 0 fully saturated rings. The molecule has 0 bridgehead atoms. The van der Waals surface area contributed by atoms with Gasteiger partial charge in [-0.15, -0.1) is 0 Å². The molecule has 0 aliphatic carbocycles. The molecular formula is C20H25ClFN3O3S. The van der Waals surface area contributed by atoms with E-state index in [-0.39, 0.29) is 18.8 Å². The van der Waals surface area contributed by atoms with Crippen molar-refractivity contribution < 1.29 is 17.9 Å². The highest BCUT2D eigenvalue weighted by Gasteiger charge is 2.13. The summed E-state index contributed by atoms with van der Waals surface area (Å²) in [4.78, 5) is 4.39. The Morgan fingerprint density at radius 3 is 2.59 bits per heavy atom. The number of nitrogens with zero attached hydrogens (tertiary/aromatic N) is 1. The zero-order valence-electron chi connectivity index (χ0n) is 16.3. The van der Waals surface area contributed by atoms with Gasteiger partial charge >= 0.3 is 0 Å². The van der Waals surface area contributed by atoms with Crippen LogP contribution in [-0.4, -0.2) is 38.8 Å². The van der Waals surface area contributed by atoms with E-state index in [9.17, 15) is 17.9 Å². The molecule has 6 nitrogen and oxygen atoms in total. The van der Waals surface area contributed by atoms with Gasteiger partial charge in [-0.1, -0.05) is 35.9 Å². The zero-order chi connectivity index (χ0) is 21.4. The van der Waals surface area contributed by atoms with E-state index in [0.29, 0.717) is 34.2 Å². The topological polar surface area (TPSA) is 90.8 Å². The quantitative estimate of drug-likeness (QED) is 0.433. The third-order valence-electron chi connectivity index (χ3n) is 4.06. The van der Waals surface area contributed by atoms with E-state index >= 15 is 0 Å². The van der Waals surface area contributed by atoms with Gasteiger partial charge in [-0.05, 0) is 36.2 Å². The van der Waals surface area contributed by atoms with E-state index in [2.05, 4.69) is 15.6 Å². The lowest BCUT2D eigenvalue weighted by Crippen LogP contribution is -2.39. The van der Waals surface area contributed by atoms with Crippen LogP contribution in [0, 0.1) is 5.82 Å². The summed E-state index contributed by atoms with van der Waals surface area (Å²) in [5.41, 5.74) is 1.59. The molecule has 0 saturated carbocycles. The molecule has 1 unspecified atom stereocenters. The molecule has 2 rings (SSSR count). The first-order valence-corrected chi connectivity index (χ1v) is 11.5. The summed E-state index contributed by atoms with van der Waals surface area (Å²) in [5, 5.41) is 16.9. The Morgan fingerprint density at radius 2 is 1.93 bits per heavy atom. The number of benzene rings is 2. The maximum absolute atomic E-state index is 13.7. The Balaban J connectivity index is 2.13. The highest BCUT2D eigenvalue weighted by molar-refractivity contribution is 7.89. The molecule has 29 heavy (non-hydrogen) atoms. The van der Waals surface area contributed by atoms with Gasteiger partial charge in [0, 0.05) is 29.9 Å². The fraction of sp³-hybridized carbons (Fsp3) is 0.350. The summed E-state index contributed by atoms with van der Waals surface area (Å²) in [6, 6.07) is 11.0. The Morgan fingerprint density at radius 1 is 1.21 bits per heavy atom. The fourth-order valence-electron chi connectivity index (χ4n) is 2.72. The van der Waals surface area contributed by atoms with Crippen molar-refractivity contribution in [2.45, 2.75) is 25.3 Å². The number of halogens is 2. The average Bonchev–Trinajstić information content (AvgIpc) is 2.65. The van der Waals surface area contributed by atoms with Crippen molar-refractivity contribution in [2.75, 3.05) is 19.3 Å². The first-order valence-electron chi connectivity index (χ1n) is 9.09. The summed E-state index contributed by atoms with van der Waals surface area (Å²) in [5.74, 6) is -0.236. The van der Waals surface area contributed by atoms with Crippen molar-refractivity contribution in [2.24, 2.45) is 4.99 Å². The second-order valence-electron chi connectivity index (χ2n) is 6.60. The molecule has 0 aromatic heterocycles. The Labute approximate surface area is 175 Å². The van der Waals surface area contributed by atoms with Crippen LogP contribution in [0.3, 0.4) is 0 Å². The van der Waals surface area contributed by atoms with Gasteiger partial charge in [-0.2, -0.15) is 0 Å². The standard InChI is InChI=1S/C20H25ClFN3O3S/c1-3-23-20(25-12-19(26)17-6-4-5-7-18(17)21)24-11-15-10-16(22)9-8-14(15)13-29(2,27)28/h4-10,19,26H,3,11-13H2,1-2H3,(H2,23,24,25). The van der Waals surface area contributed by atoms with Gasteiger partial charge in [0.15, 0.2) is 15.8 Å². The van der Waals surface area contributed by atoms with Gasteiger partial charge in [-0.25, -0.2) is 17.8 Å². The lowest BCUT2D eigenvalue weighted by Gasteiger charge is -2.16. The molecule has 0 saturated heterocycles. The molecule has 1 atom stereocenters. The third kappa shape index (κ3) is 7.64. The van der Waals surface area contributed by atoms with E-state index in [0.717, 1.165) is 6.26 Å². The molecule has 2 aromatic carbocycles. The molecule has 0 aliphatic rings. The minimum absolute atomic E-state index is 0.0835. The molecule has 0 spiro atoms. The van der Waals surface area contributed by atoms with E-state index < -0.39 is 21.8 Å². The summed E-state index contributed by atoms with van der Waals surface area (Å²) >= 11 is 6.10. The number of sulfone groups is 1. The molecule has 3 N–H and O–H groups in total. The van der Waals surface area contributed by atoms with Crippen LogP contribution in [0.25, 0.3) is 0 Å². The van der Waals surface area contributed by atoms with Gasteiger partial charge < -0.3 is 15.7 Å². The van der Waals surface area contributed by atoms with E-state index in [4.69, 9.17) is 11.6 Å². The fourth-order valence-corrected chi connectivity index (χ4v) is 3.83. The van der Waals surface area contributed by atoms with Crippen molar-refractivity contribution in [1.29, 1.82) is 0 Å². The van der Waals surface area contributed by atoms with E-state index in [1.807, 2.05) is 6.92 Å². The summed E-state index contributed by atoms with van der Waals surface area (Å²) in [6.07, 6.45) is 0.285. The molecule has 0 aliphatic heterocycles. The minimum Gasteiger partial charge on any atom is -0.387 e. The van der Waals surface area contributed by atoms with Crippen molar-refractivity contribution in [3.63, 3.8) is 0 Å². The van der Waals surface area contributed by atoms with Crippen LogP contribution in [0.1, 0.15) is 29.7 Å². The summed E-state index contributed by atoms with van der Waals surface area (Å²) in [7, 11) is -3.27. The number of guanidine groups is 1. The second-order valence-corrected chi connectivity index (χ2v) is 9.14. The number of aliphatic imine (C=N–C) groups is 1. The van der Waals surface area contributed by atoms with Gasteiger partial charge in [0.25, 0.3) is 0 Å². The average molecular weight is 442 g/mol. The number of nitrogens with one attached hydrogen (secondary N) is 2. The number of aliphatic hydroxyl groups is 1. The van der Waals surface area contributed by atoms with Gasteiger partial charge in [0.05, 0.1) is 18.4 Å². The third-order valence-corrected chi connectivity index (χ3v) is 5.24. The SMILES string of the molecule is CCNC(=NCc1cc(F)ccc1CS(C)(=O)=O)NCC(O)c1ccccc1Cl. The summed E-state index contributed by atoms with van der Waals surface area (Å²) in [6.45, 7) is 2.71. The second kappa shape index (κ2) is 10.6. The van der Waals surface area contributed by atoms with E-state index in [1.165, 1.54) is 18.2 Å². The predicted octanol–water partition coefficient (Wildman–Crippen LogP) is 2.81. The van der Waals surface area contributed by atoms with Crippen LogP contribution in [0.5, 0.6) is 0 Å². The molecule has 0 amide bonds. The van der Waals surface area contributed by atoms with Crippen LogP contribution in [-0.2, 0) is 22.1 Å². The largest absolute Gasteiger partial charge is 0.387 e. The lowest BCUT2D eigenvalue weighted by atomic mass is 10.1. The van der Waals surface area contributed by atoms with Crippen LogP contribution >= 0.6 is 11.6 Å². The maximum Gasteiger partial charge on any atom is 0.191 e. The first kappa shape index (κ1) is 23.1. The van der Waals surface area contributed by atoms with Gasteiger partial charge in [0.2, 0.25) is 0 Å². The van der Waals surface area contributed by atoms with Crippen LogP contribution in [0.2, 0.25) is 5.02 Å². The Kier molecular flexibility index (Phi) is 8.43. The number of rotatable bonds is 8. The summed E-state index contributed by atoms with van der Waals surface area (Å²) < 4.78 is 36.9. The Bertz CT molecular complexity index is 967. The Hall–Kier alpha value is -2.16. The smallest absolute Gasteiger partial charge is 0.191 e. The molecule has 9 heteroatoms. The van der Waals surface area contributed by atoms with Crippen LogP contribution < -0.4 is 10.6 Å². The van der Waals surface area contributed by atoms with Gasteiger partial charge in [-0.3, -0.25) is 0 Å². The van der Waals surface area contributed by atoms with Crippen molar-refractivity contribution in [3.05, 3.63) is 70.0 Å². The van der Waals surface area contributed by atoms with Crippen molar-refractivity contribution in [1.82, 2.24) is 10.6 Å². The lowest BCUT2D eigenvalue weighted by molar-refractivity contribution is 0.181. The van der Waals surface area contributed by atoms with E-state index in [1.54, 1.807) is 24.3 Å². The zero-order valence-corrected chi connectivity index (χ0v) is 17.9. The normalized spacial score (nSPS) is 13.2. The number of aliphatic hydroxyl groups excluding tert-OH is 1. The maximum atomic E-state index is 13.7. The number of hydrogen-bond acceptors (Lipinski definition) is 4. The molecule has 0 heterocycles. The van der Waals surface area contributed by atoms with Crippen molar-refractivity contribution >= 4 is 27.4 Å². The molecule has 2 aromatic rings. The monoisotopic (exact) mass is 441 g/mol. The highest BCUT2D eigenvalue weighted by Crippen LogP contribution is 2.22. The van der Waals surface area contributed by atoms with Crippen molar-refractivity contribution in [3.8, 4) is 0 Å². The van der Waals surface area contributed by atoms with Gasteiger partial charge in [0.1, 0.15) is 5.82 Å². The van der Waals surface area contributed by atoms with Crippen LogP contribution in [0.4, 0.5) is 4.39 Å². The number of hydrogen-bond donors (Lipinski definition) is 3.